The van der Waals surface area contributed by atoms with E-state index in [2.05, 4.69) is 5.32 Å². The standard InChI is InChI=1S/C17H26N2O5/c1-6-19(11-16(20)18-17(21)24-7-2)10-13-9-15(23-5)14(22-4)8-12(13)3/h8-9H,6-7,10-11H2,1-5H3,(H,18,20,21). The normalized spacial score (nSPS) is 10.4. The first-order valence-electron chi connectivity index (χ1n) is 7.85. The number of nitrogens with one attached hydrogen (secondary N) is 1. The number of carbonyl (C=O) groups is 2. The van der Waals surface area contributed by atoms with Gasteiger partial charge in [-0.15, -0.1) is 0 Å². The highest BCUT2D eigenvalue weighted by Crippen LogP contribution is 2.30. The molecule has 0 atom stereocenters. The minimum absolute atomic E-state index is 0.100. The van der Waals surface area contributed by atoms with Gasteiger partial charge in [0.05, 0.1) is 27.4 Å². The number of alkyl carbamates (subject to hydrolysis) is 1. The number of likely N-dealkylation sites (N-methyl/N-ethyl adjacent to an activating group) is 1. The number of hydrogen-bond acceptors (Lipinski definition) is 6. The number of amides is 2. The molecule has 1 rings (SSSR count). The number of methoxy groups -OCH3 is 2. The van der Waals surface area contributed by atoms with Crippen molar-refractivity contribution in [1.82, 2.24) is 10.2 Å². The van der Waals surface area contributed by atoms with Crippen molar-refractivity contribution in [1.29, 1.82) is 0 Å². The number of rotatable bonds is 8. The molecular formula is C17H26N2O5. The van der Waals surface area contributed by atoms with Crippen molar-refractivity contribution < 1.29 is 23.8 Å². The summed E-state index contributed by atoms with van der Waals surface area (Å²) >= 11 is 0. The zero-order valence-electron chi connectivity index (χ0n) is 15.0. The molecule has 0 spiro atoms. The Hall–Kier alpha value is -2.28. The number of hydrogen-bond donors (Lipinski definition) is 1. The van der Waals surface area contributed by atoms with E-state index in [1.165, 1.54) is 0 Å². The van der Waals surface area contributed by atoms with Crippen LogP contribution in [0.25, 0.3) is 0 Å². The summed E-state index contributed by atoms with van der Waals surface area (Å²) in [6, 6.07) is 3.81. The summed E-state index contributed by atoms with van der Waals surface area (Å²) in [6.45, 7) is 7.15. The number of carbonyl (C=O) groups excluding carboxylic acids is 2. The second-order valence-corrected chi connectivity index (χ2v) is 5.21. The quantitative estimate of drug-likeness (QED) is 0.782. The van der Waals surface area contributed by atoms with Gasteiger partial charge >= 0.3 is 6.09 Å². The first-order valence-corrected chi connectivity index (χ1v) is 7.85. The number of benzene rings is 1. The van der Waals surface area contributed by atoms with Crippen molar-refractivity contribution in [2.45, 2.75) is 27.3 Å². The summed E-state index contributed by atoms with van der Waals surface area (Å²) in [7, 11) is 3.18. The second kappa shape index (κ2) is 9.77. The zero-order valence-corrected chi connectivity index (χ0v) is 15.0. The van der Waals surface area contributed by atoms with Crippen LogP contribution in [0.2, 0.25) is 0 Å². The van der Waals surface area contributed by atoms with Crippen LogP contribution in [-0.4, -0.2) is 50.8 Å². The molecule has 0 fully saturated rings. The van der Waals surface area contributed by atoms with Crippen LogP contribution < -0.4 is 14.8 Å². The molecule has 7 nitrogen and oxygen atoms in total. The van der Waals surface area contributed by atoms with Crippen LogP contribution in [0.3, 0.4) is 0 Å². The summed E-state index contributed by atoms with van der Waals surface area (Å²) in [6.07, 6.45) is -0.721. The first kappa shape index (κ1) is 19.8. The molecule has 1 N–H and O–H groups in total. The Morgan fingerprint density at radius 1 is 1.12 bits per heavy atom. The Morgan fingerprint density at radius 3 is 2.29 bits per heavy atom. The van der Waals surface area contributed by atoms with E-state index in [1.54, 1.807) is 21.1 Å². The average molecular weight is 338 g/mol. The molecule has 2 amide bonds. The van der Waals surface area contributed by atoms with Gasteiger partial charge in [-0.1, -0.05) is 6.92 Å². The molecule has 0 unspecified atom stereocenters. The van der Waals surface area contributed by atoms with Gasteiger partial charge in [-0.25, -0.2) is 4.79 Å². The topological polar surface area (TPSA) is 77.1 Å². The largest absolute Gasteiger partial charge is 0.493 e. The van der Waals surface area contributed by atoms with E-state index in [0.29, 0.717) is 24.6 Å². The number of imide groups is 1. The molecule has 134 valence electrons. The predicted octanol–water partition coefficient (Wildman–Crippen LogP) is 2.11. The lowest BCUT2D eigenvalue weighted by Gasteiger charge is -2.21. The molecule has 1 aromatic rings. The molecule has 0 bridgehead atoms. The van der Waals surface area contributed by atoms with Gasteiger partial charge in [-0.2, -0.15) is 0 Å². The van der Waals surface area contributed by atoms with Crippen LogP contribution in [0.15, 0.2) is 12.1 Å². The van der Waals surface area contributed by atoms with Crippen LogP contribution in [0.4, 0.5) is 4.79 Å². The molecule has 0 aliphatic heterocycles. The fourth-order valence-corrected chi connectivity index (χ4v) is 2.24. The van der Waals surface area contributed by atoms with Crippen molar-refractivity contribution in [3.8, 4) is 11.5 Å². The maximum atomic E-state index is 11.9. The third-order valence-electron chi connectivity index (χ3n) is 3.57. The van der Waals surface area contributed by atoms with Crippen LogP contribution in [-0.2, 0) is 16.1 Å². The fourth-order valence-electron chi connectivity index (χ4n) is 2.24. The van der Waals surface area contributed by atoms with E-state index in [9.17, 15) is 9.59 Å². The third kappa shape index (κ3) is 5.73. The summed E-state index contributed by atoms with van der Waals surface area (Å²) < 4.78 is 15.3. The first-order chi connectivity index (χ1) is 11.4. The van der Waals surface area contributed by atoms with Crippen LogP contribution in [0, 0.1) is 6.92 Å². The molecule has 0 aliphatic rings. The Bertz CT molecular complexity index is 574. The highest BCUT2D eigenvalue weighted by atomic mass is 16.5. The smallest absolute Gasteiger partial charge is 0.413 e. The van der Waals surface area contributed by atoms with E-state index in [1.807, 2.05) is 30.9 Å². The van der Waals surface area contributed by atoms with Gasteiger partial charge in [0, 0.05) is 6.54 Å². The predicted molar refractivity (Wildman–Crippen MR) is 90.4 cm³/mol. The molecule has 1 aromatic carbocycles. The Morgan fingerprint density at radius 2 is 1.75 bits per heavy atom. The van der Waals surface area contributed by atoms with E-state index in [4.69, 9.17) is 14.2 Å². The molecule has 0 saturated heterocycles. The number of ether oxygens (including phenoxy) is 3. The molecule has 0 aliphatic carbocycles. The van der Waals surface area contributed by atoms with Crippen LogP contribution in [0.5, 0.6) is 11.5 Å². The van der Waals surface area contributed by atoms with E-state index in [0.717, 1.165) is 11.1 Å². The Balaban J connectivity index is 2.78. The van der Waals surface area contributed by atoms with Gasteiger partial charge in [0.15, 0.2) is 11.5 Å². The van der Waals surface area contributed by atoms with Gasteiger partial charge < -0.3 is 14.2 Å². The summed E-state index contributed by atoms with van der Waals surface area (Å²) in [4.78, 5) is 25.1. The van der Waals surface area contributed by atoms with Gasteiger partial charge in [-0.05, 0) is 43.7 Å². The van der Waals surface area contributed by atoms with Gasteiger partial charge in [-0.3, -0.25) is 15.0 Å². The van der Waals surface area contributed by atoms with Gasteiger partial charge in [0.2, 0.25) is 5.91 Å². The maximum Gasteiger partial charge on any atom is 0.413 e. The average Bonchev–Trinajstić information content (AvgIpc) is 2.55. The van der Waals surface area contributed by atoms with Crippen LogP contribution >= 0.6 is 0 Å². The zero-order chi connectivity index (χ0) is 18.1. The highest BCUT2D eigenvalue weighted by molar-refractivity contribution is 5.92. The Kier molecular flexibility index (Phi) is 8.05. The van der Waals surface area contributed by atoms with Crippen molar-refractivity contribution in [3.63, 3.8) is 0 Å². The van der Waals surface area contributed by atoms with Crippen LogP contribution in [0.1, 0.15) is 25.0 Å². The number of aryl methyl sites for hydroxylation is 1. The van der Waals surface area contributed by atoms with Crippen molar-refractivity contribution in [2.24, 2.45) is 0 Å². The molecule has 0 aromatic heterocycles. The minimum Gasteiger partial charge on any atom is -0.493 e. The van der Waals surface area contributed by atoms with Gasteiger partial charge in [0.1, 0.15) is 0 Å². The monoisotopic (exact) mass is 338 g/mol. The van der Waals surface area contributed by atoms with Gasteiger partial charge in [0.25, 0.3) is 0 Å². The van der Waals surface area contributed by atoms with Crippen molar-refractivity contribution >= 4 is 12.0 Å². The lowest BCUT2D eigenvalue weighted by molar-refractivity contribution is -0.121. The SMILES string of the molecule is CCOC(=O)NC(=O)CN(CC)Cc1cc(OC)c(OC)cc1C. The second-order valence-electron chi connectivity index (χ2n) is 5.21. The van der Waals surface area contributed by atoms with Crippen molar-refractivity contribution in [3.05, 3.63) is 23.3 Å². The lowest BCUT2D eigenvalue weighted by atomic mass is 10.1. The highest BCUT2D eigenvalue weighted by Gasteiger charge is 2.15. The lowest BCUT2D eigenvalue weighted by Crippen LogP contribution is -2.40. The third-order valence-corrected chi connectivity index (χ3v) is 3.57. The Labute approximate surface area is 142 Å². The fraction of sp³-hybridized carbons (Fsp3) is 0.529. The summed E-state index contributed by atoms with van der Waals surface area (Å²) in [5.74, 6) is 0.917. The molecule has 0 saturated carbocycles. The van der Waals surface area contributed by atoms with E-state index >= 15 is 0 Å². The summed E-state index contributed by atoms with van der Waals surface area (Å²) in [5, 5.41) is 2.20. The van der Waals surface area contributed by atoms with E-state index in [-0.39, 0.29) is 13.2 Å². The van der Waals surface area contributed by atoms with E-state index < -0.39 is 12.0 Å². The summed E-state index contributed by atoms with van der Waals surface area (Å²) in [5.41, 5.74) is 2.07. The minimum atomic E-state index is -0.721. The molecular weight excluding hydrogens is 312 g/mol. The number of nitrogens with zero attached hydrogens (tertiary/aromatic N) is 1. The molecule has 0 heterocycles. The molecule has 24 heavy (non-hydrogen) atoms. The molecule has 7 heteroatoms. The molecule has 0 radical (unpaired) electrons. The maximum absolute atomic E-state index is 11.9. The van der Waals surface area contributed by atoms with Crippen molar-refractivity contribution in [2.75, 3.05) is 33.9 Å².